The highest BCUT2D eigenvalue weighted by Crippen LogP contribution is 2.34. The van der Waals surface area contributed by atoms with Gasteiger partial charge in [0.15, 0.2) is 0 Å². The first-order valence-electron chi connectivity index (χ1n) is 9.92. The smallest absolute Gasteiger partial charge is 0.272 e. The second-order valence-electron chi connectivity index (χ2n) is 7.05. The molecule has 3 heterocycles. The molecular weight excluding hydrogens is 411 g/mol. The van der Waals surface area contributed by atoms with Crippen molar-refractivity contribution in [3.8, 4) is 11.3 Å². The molecule has 5 rings (SSSR count). The van der Waals surface area contributed by atoms with E-state index < -0.39 is 0 Å². The molecule has 2 aromatic carbocycles. The molecule has 0 saturated carbocycles. The molecule has 164 valence electrons. The Morgan fingerprint density at radius 3 is 2.75 bits per heavy atom. The van der Waals surface area contributed by atoms with E-state index in [-0.39, 0.29) is 19.2 Å². The predicted molar refractivity (Wildman–Crippen MR) is 124 cm³/mol. The van der Waals surface area contributed by atoms with Crippen molar-refractivity contribution in [1.82, 2.24) is 20.4 Å². The second kappa shape index (κ2) is 9.25. The van der Waals surface area contributed by atoms with E-state index in [1.807, 2.05) is 36.4 Å². The van der Waals surface area contributed by atoms with Crippen molar-refractivity contribution in [2.45, 2.75) is 20.3 Å². The molecule has 0 unspecified atom stereocenters. The highest BCUT2D eigenvalue weighted by molar-refractivity contribution is 6.18. The molecule has 0 bridgehead atoms. The third kappa shape index (κ3) is 4.13. The van der Waals surface area contributed by atoms with Crippen molar-refractivity contribution < 1.29 is 14.3 Å². The van der Waals surface area contributed by atoms with Crippen molar-refractivity contribution in [2.24, 2.45) is 5.10 Å². The summed E-state index contributed by atoms with van der Waals surface area (Å²) in [5, 5.41) is 7.73. The van der Waals surface area contributed by atoms with Crippen LogP contribution in [0.5, 0.6) is 0 Å². The molecule has 9 heteroatoms. The zero-order valence-electron chi connectivity index (χ0n) is 17.3. The summed E-state index contributed by atoms with van der Waals surface area (Å²) >= 11 is 0. The summed E-state index contributed by atoms with van der Waals surface area (Å²) in [6.07, 6.45) is 5.79. The van der Waals surface area contributed by atoms with E-state index in [9.17, 15) is 9.59 Å². The molecule has 0 atom stereocenters. The minimum Gasteiger partial charge on any atom is -0.354 e. The number of carbonyl (C=O) groups is 2. The molecule has 32 heavy (non-hydrogen) atoms. The molecule has 2 aromatic heterocycles. The number of hydrogen-bond acceptors (Lipinski definition) is 4. The number of benzene rings is 2. The molecule has 0 radical (unpaired) electrons. The molecule has 8 nitrogen and oxygen atoms in total. The zero-order valence-corrected chi connectivity index (χ0v) is 16.3. The van der Waals surface area contributed by atoms with E-state index in [1.165, 1.54) is 0 Å². The van der Waals surface area contributed by atoms with Gasteiger partial charge in [0.1, 0.15) is 0 Å². The first-order valence-corrected chi connectivity index (χ1v) is 9.54. The number of carbonyl (C=O) groups excluding carboxylic acids is 2. The van der Waals surface area contributed by atoms with Gasteiger partial charge in [0.2, 0.25) is 5.91 Å². The monoisotopic (exact) mass is 436 g/mol. The van der Waals surface area contributed by atoms with E-state index in [0.717, 1.165) is 33.4 Å². The predicted octanol–water partition coefficient (Wildman–Crippen LogP) is 4.00. The molecule has 0 spiro atoms. The highest BCUT2D eigenvalue weighted by Gasteiger charge is 2.22. The molecule has 4 aromatic rings. The summed E-state index contributed by atoms with van der Waals surface area (Å²) in [7, 11) is 0. The quantitative estimate of drug-likeness (QED) is 0.379. The summed E-state index contributed by atoms with van der Waals surface area (Å²) in [5.41, 5.74) is 7.89. The average molecular weight is 436 g/mol. The Balaban J connectivity index is 0.000000994. The Bertz CT molecular complexity index is 1290. The van der Waals surface area contributed by atoms with Crippen LogP contribution in [0.25, 0.3) is 22.2 Å². The molecule has 1 aliphatic rings. The van der Waals surface area contributed by atoms with Crippen molar-refractivity contribution in [2.75, 3.05) is 5.32 Å². The Kier molecular flexibility index (Phi) is 6.07. The van der Waals surface area contributed by atoms with Crippen molar-refractivity contribution in [3.63, 3.8) is 0 Å². The lowest BCUT2D eigenvalue weighted by Gasteiger charge is -2.08. The summed E-state index contributed by atoms with van der Waals surface area (Å²) < 4.78 is 13.0. The lowest BCUT2D eigenvalue weighted by molar-refractivity contribution is -0.116. The van der Waals surface area contributed by atoms with Crippen molar-refractivity contribution >= 4 is 34.6 Å². The molecule has 0 saturated heterocycles. The first-order chi connectivity index (χ1) is 15.7. The van der Waals surface area contributed by atoms with E-state index >= 15 is 0 Å². The molecule has 2 amide bonds. The van der Waals surface area contributed by atoms with E-state index in [1.54, 1.807) is 24.8 Å². The lowest BCUT2D eigenvalue weighted by Crippen LogP contribution is -2.17. The van der Waals surface area contributed by atoms with Gasteiger partial charge in [-0.05, 0) is 24.1 Å². The number of rotatable bonds is 5. The van der Waals surface area contributed by atoms with E-state index in [4.69, 9.17) is 4.72 Å². The van der Waals surface area contributed by atoms with E-state index in [0.29, 0.717) is 24.1 Å². The van der Waals surface area contributed by atoms with Crippen LogP contribution in [0.1, 0.15) is 35.5 Å². The Hall–Kier alpha value is -4.27. The number of nitrogens with zero attached hydrogens (tertiary/aromatic N) is 2. The third-order valence-corrected chi connectivity index (χ3v) is 5.06. The molecule has 1 aliphatic heterocycles. The second-order valence-corrected chi connectivity index (χ2v) is 7.05. The standard InChI is InChI=1S/C22H18N6O2.CH4.FH/c29-19(7-6-14-10-23-12-24-14)26-15-8-16-20-17(11-25-28-22(16)30)21(27-18(20)9-15)13-4-2-1-3-5-13;;/h1-5,8-12,27H,6-7H2,(H,23,24)(H,26,29)(H,28,30);1H4;1H/i/hT. The summed E-state index contributed by atoms with van der Waals surface area (Å²) in [4.78, 5) is 35.3. The largest absolute Gasteiger partial charge is 0.354 e. The van der Waals surface area contributed by atoms with Crippen LogP contribution in [0.15, 0.2) is 60.1 Å². The van der Waals surface area contributed by atoms with E-state index in [2.05, 4.69) is 32.2 Å². The van der Waals surface area contributed by atoms with Crippen LogP contribution >= 0.6 is 0 Å². The fourth-order valence-electron chi connectivity index (χ4n) is 3.68. The summed E-state index contributed by atoms with van der Waals surface area (Å²) in [6.45, 7) is 0. The van der Waals surface area contributed by atoms with Crippen LogP contribution in [-0.4, -0.2) is 34.4 Å². The Morgan fingerprint density at radius 2 is 2.00 bits per heavy atom. The number of nitrogens with one attached hydrogen (secondary N) is 4. The number of H-pyrrole nitrogens is 2. The van der Waals surface area contributed by atoms with Crippen LogP contribution in [0.3, 0.4) is 0 Å². The maximum atomic E-state index is 12.6. The maximum absolute atomic E-state index is 12.6. The fraction of sp³-hybridized carbons (Fsp3) is 0.130. The van der Waals surface area contributed by atoms with Crippen LogP contribution in [0, 0.1) is 0 Å². The minimum atomic E-state index is -0.317. The van der Waals surface area contributed by atoms with Gasteiger partial charge in [-0.1, -0.05) is 37.8 Å². The van der Waals surface area contributed by atoms with Gasteiger partial charge in [0, 0.05) is 40.5 Å². The number of halogens is 1. The third-order valence-electron chi connectivity index (χ3n) is 5.06. The Labute approximate surface area is 185 Å². The SMILES string of the molecule is C.O=C(CCc1cnc[nH]1)Nc1cc2c3c(c(-c4ccccc4)[nH]c3c1)C=NNC2=O.[3H]F. The van der Waals surface area contributed by atoms with Gasteiger partial charge < -0.3 is 15.3 Å². The lowest BCUT2D eigenvalue weighted by atomic mass is 10.0. The highest BCUT2D eigenvalue weighted by atomic mass is 19.0. The number of anilines is 1. The van der Waals surface area contributed by atoms with Crippen molar-refractivity contribution in [1.29, 1.82) is 1.45 Å². The Morgan fingerprint density at radius 1 is 1.19 bits per heavy atom. The minimum absolute atomic E-state index is 0. The van der Waals surface area contributed by atoms with Gasteiger partial charge in [-0.25, -0.2) is 10.4 Å². The fourth-order valence-corrected chi connectivity index (χ4v) is 3.68. The van der Waals surface area contributed by atoms with Gasteiger partial charge in [0.25, 0.3) is 7.36 Å². The zero-order chi connectivity index (χ0) is 22.5. The maximum Gasteiger partial charge on any atom is 0.272 e. The number of aromatic nitrogens is 3. The summed E-state index contributed by atoms with van der Waals surface area (Å²) in [6, 6.07) is 13.4. The van der Waals surface area contributed by atoms with Gasteiger partial charge in [-0.15, -0.1) is 0 Å². The molecule has 4 N–H and O–H groups in total. The van der Waals surface area contributed by atoms with Crippen molar-refractivity contribution in [3.05, 3.63) is 71.8 Å². The number of amides is 2. The van der Waals surface area contributed by atoms with Gasteiger partial charge in [-0.3, -0.25) is 14.3 Å². The molecular formula is C23H23FN6O2. The summed E-state index contributed by atoms with van der Waals surface area (Å²) in [5.74, 6) is -0.460. The van der Waals surface area contributed by atoms with Gasteiger partial charge in [-0.2, -0.15) is 5.10 Å². The number of hydrogen-bond donors (Lipinski definition) is 4. The number of aryl methyl sites for hydroxylation is 1. The van der Waals surface area contributed by atoms with Crippen LogP contribution in [0.4, 0.5) is 10.4 Å². The average Bonchev–Trinajstić information content (AvgIpc) is 3.43. The number of aromatic amines is 2. The topological polar surface area (TPSA) is 115 Å². The first kappa shape index (κ1) is 21.0. The van der Waals surface area contributed by atoms with Gasteiger partial charge in [0.05, 0.1) is 23.8 Å². The number of imidazole rings is 1. The van der Waals surface area contributed by atoms with Crippen LogP contribution in [0.2, 0.25) is 0 Å². The van der Waals surface area contributed by atoms with Crippen LogP contribution in [-0.2, 0) is 11.2 Å². The number of hydrazone groups is 1. The van der Waals surface area contributed by atoms with Gasteiger partial charge >= 0.3 is 0 Å². The molecule has 0 aliphatic carbocycles. The van der Waals surface area contributed by atoms with Crippen LogP contribution < -0.4 is 10.7 Å². The molecule has 0 fully saturated rings. The normalized spacial score (nSPS) is 12.0.